The van der Waals surface area contributed by atoms with Crippen LogP contribution in [0.1, 0.15) is 40.5 Å². The largest absolute Gasteiger partial charge is 0.345 e. The van der Waals surface area contributed by atoms with Gasteiger partial charge < -0.3 is 18.9 Å². The van der Waals surface area contributed by atoms with Crippen LogP contribution in [0.25, 0.3) is 0 Å². The third-order valence-electron chi connectivity index (χ3n) is 4.90. The zero-order valence-corrected chi connectivity index (χ0v) is 11.8. The van der Waals surface area contributed by atoms with Crippen LogP contribution in [-0.2, 0) is 18.9 Å². The van der Waals surface area contributed by atoms with Crippen LogP contribution >= 0.6 is 0 Å². The highest BCUT2D eigenvalue weighted by molar-refractivity contribution is 5.04. The van der Waals surface area contributed by atoms with Gasteiger partial charge in [-0.05, 0) is 26.7 Å². The molecule has 0 amide bonds. The monoisotopic (exact) mass is 256 g/mol. The predicted molar refractivity (Wildman–Crippen MR) is 66.0 cm³/mol. The van der Waals surface area contributed by atoms with Crippen molar-refractivity contribution >= 4 is 0 Å². The van der Waals surface area contributed by atoms with Crippen LogP contribution < -0.4 is 0 Å². The van der Waals surface area contributed by atoms with Crippen LogP contribution in [0.15, 0.2) is 0 Å². The minimum Gasteiger partial charge on any atom is -0.345 e. The van der Waals surface area contributed by atoms with Crippen molar-refractivity contribution in [3.63, 3.8) is 0 Å². The molecule has 0 unspecified atom stereocenters. The summed E-state index contributed by atoms with van der Waals surface area (Å²) in [6.45, 7) is 9.90. The van der Waals surface area contributed by atoms with Crippen molar-refractivity contribution < 1.29 is 18.9 Å². The number of fused-ring (bicyclic) bond motifs is 1. The van der Waals surface area contributed by atoms with Crippen molar-refractivity contribution in [1.29, 1.82) is 0 Å². The second kappa shape index (κ2) is 4.17. The van der Waals surface area contributed by atoms with E-state index in [-0.39, 0.29) is 12.2 Å². The topological polar surface area (TPSA) is 36.9 Å². The molecule has 104 valence electrons. The molecule has 3 saturated heterocycles. The first-order valence-corrected chi connectivity index (χ1v) is 7.15. The Labute approximate surface area is 109 Å². The predicted octanol–water partition coefficient (Wildman–Crippen LogP) is 2.32. The van der Waals surface area contributed by atoms with Gasteiger partial charge in [0.1, 0.15) is 0 Å². The van der Waals surface area contributed by atoms with Gasteiger partial charge in [-0.15, -0.1) is 0 Å². The standard InChI is InChI=1S/C14H24O4/c1-9-5-7-15-13(9)14(10(2)6-8-16-14)18-12(4)11(3)17-13/h9-12H,5-8H2,1-4H3/t9-,10-,11+,12+,13-,14-/m1/s1. The van der Waals surface area contributed by atoms with Crippen molar-refractivity contribution in [1.82, 2.24) is 0 Å². The van der Waals surface area contributed by atoms with E-state index in [0.29, 0.717) is 11.8 Å². The average molecular weight is 256 g/mol. The summed E-state index contributed by atoms with van der Waals surface area (Å²) >= 11 is 0. The Morgan fingerprint density at radius 1 is 0.722 bits per heavy atom. The molecular weight excluding hydrogens is 232 g/mol. The highest BCUT2D eigenvalue weighted by atomic mass is 16.8. The molecule has 0 saturated carbocycles. The summed E-state index contributed by atoms with van der Waals surface area (Å²) < 4.78 is 24.7. The van der Waals surface area contributed by atoms with Gasteiger partial charge in [0, 0.05) is 11.8 Å². The second-order valence-corrected chi connectivity index (χ2v) is 6.06. The van der Waals surface area contributed by atoms with Gasteiger partial charge in [0.25, 0.3) is 0 Å². The summed E-state index contributed by atoms with van der Waals surface area (Å²) in [5.74, 6) is -0.829. The molecule has 0 aromatic rings. The van der Waals surface area contributed by atoms with Gasteiger partial charge in [0.2, 0.25) is 11.6 Å². The van der Waals surface area contributed by atoms with Gasteiger partial charge in [-0.3, -0.25) is 0 Å². The van der Waals surface area contributed by atoms with E-state index in [1.54, 1.807) is 0 Å². The van der Waals surface area contributed by atoms with Crippen LogP contribution in [0.4, 0.5) is 0 Å². The molecule has 18 heavy (non-hydrogen) atoms. The fourth-order valence-electron chi connectivity index (χ4n) is 3.54. The smallest absolute Gasteiger partial charge is 0.227 e. The van der Waals surface area contributed by atoms with Crippen molar-refractivity contribution in [2.75, 3.05) is 13.2 Å². The fraction of sp³-hybridized carbons (Fsp3) is 1.00. The van der Waals surface area contributed by atoms with Crippen molar-refractivity contribution in [3.8, 4) is 0 Å². The lowest BCUT2D eigenvalue weighted by Gasteiger charge is -2.54. The van der Waals surface area contributed by atoms with E-state index in [2.05, 4.69) is 13.8 Å². The van der Waals surface area contributed by atoms with E-state index in [9.17, 15) is 0 Å². The van der Waals surface area contributed by atoms with Gasteiger partial charge in [0.05, 0.1) is 25.4 Å². The number of hydrogen-bond donors (Lipinski definition) is 0. The number of hydrogen-bond acceptors (Lipinski definition) is 4. The van der Waals surface area contributed by atoms with Crippen LogP contribution in [0, 0.1) is 11.8 Å². The van der Waals surface area contributed by atoms with E-state index < -0.39 is 11.6 Å². The number of rotatable bonds is 0. The molecule has 0 N–H and O–H groups in total. The third-order valence-corrected chi connectivity index (χ3v) is 4.90. The van der Waals surface area contributed by atoms with Crippen molar-refractivity contribution in [3.05, 3.63) is 0 Å². The summed E-state index contributed by atoms with van der Waals surface area (Å²) in [4.78, 5) is 0. The average Bonchev–Trinajstić information content (AvgIpc) is 2.85. The van der Waals surface area contributed by atoms with Crippen molar-refractivity contribution in [2.45, 2.75) is 64.3 Å². The summed E-state index contributed by atoms with van der Waals surface area (Å²) in [5.41, 5.74) is 0. The first-order valence-electron chi connectivity index (χ1n) is 7.15. The van der Waals surface area contributed by atoms with Crippen LogP contribution in [0.3, 0.4) is 0 Å². The molecule has 3 aliphatic heterocycles. The Bertz CT molecular complexity index is 302. The molecule has 0 aliphatic carbocycles. The zero-order valence-electron chi connectivity index (χ0n) is 11.8. The molecule has 2 spiro atoms. The normalized spacial score (nSPS) is 56.7. The van der Waals surface area contributed by atoms with E-state index in [1.165, 1.54) is 0 Å². The maximum atomic E-state index is 6.30. The van der Waals surface area contributed by atoms with E-state index in [4.69, 9.17) is 18.9 Å². The Morgan fingerprint density at radius 3 is 1.39 bits per heavy atom. The molecule has 6 atom stereocenters. The molecular formula is C14H24O4. The molecule has 0 bridgehead atoms. The summed E-state index contributed by atoms with van der Waals surface area (Å²) in [6.07, 6.45) is 2.07. The summed E-state index contributed by atoms with van der Waals surface area (Å²) in [7, 11) is 0. The highest BCUT2D eigenvalue weighted by Crippen LogP contribution is 2.54. The SMILES string of the molecule is C[C@@H]1O[C@@]2(OCC[C@H]2C)[C@]2(OCC[C@H]2C)O[C@H]1C. The van der Waals surface area contributed by atoms with Gasteiger partial charge in [0.15, 0.2) is 0 Å². The van der Waals surface area contributed by atoms with E-state index >= 15 is 0 Å². The lowest BCUT2D eigenvalue weighted by Crippen LogP contribution is -2.69. The molecule has 3 heterocycles. The molecule has 0 aromatic carbocycles. The molecule has 3 rings (SSSR count). The van der Waals surface area contributed by atoms with Gasteiger partial charge >= 0.3 is 0 Å². The van der Waals surface area contributed by atoms with Gasteiger partial charge in [-0.2, -0.15) is 0 Å². The Morgan fingerprint density at radius 2 is 1.11 bits per heavy atom. The Kier molecular flexibility index (Phi) is 2.98. The summed E-state index contributed by atoms with van der Waals surface area (Å²) in [5, 5.41) is 0. The summed E-state index contributed by atoms with van der Waals surface area (Å²) in [6, 6.07) is 0. The molecule has 3 aliphatic rings. The first-order chi connectivity index (χ1) is 8.52. The molecule has 0 radical (unpaired) electrons. The van der Waals surface area contributed by atoms with E-state index in [0.717, 1.165) is 26.1 Å². The molecule has 3 fully saturated rings. The van der Waals surface area contributed by atoms with Gasteiger partial charge in [-0.25, -0.2) is 0 Å². The fourth-order valence-corrected chi connectivity index (χ4v) is 3.54. The third kappa shape index (κ3) is 1.46. The molecule has 0 aromatic heterocycles. The van der Waals surface area contributed by atoms with Crippen LogP contribution in [0.5, 0.6) is 0 Å². The molecule has 4 nitrogen and oxygen atoms in total. The Hall–Kier alpha value is -0.160. The highest BCUT2D eigenvalue weighted by Gasteiger charge is 2.69. The van der Waals surface area contributed by atoms with Crippen LogP contribution in [0.2, 0.25) is 0 Å². The lowest BCUT2D eigenvalue weighted by molar-refractivity contribution is -0.463. The van der Waals surface area contributed by atoms with E-state index in [1.807, 2.05) is 13.8 Å². The second-order valence-electron chi connectivity index (χ2n) is 6.06. The Balaban J connectivity index is 2.02. The van der Waals surface area contributed by atoms with Gasteiger partial charge in [-0.1, -0.05) is 13.8 Å². The maximum absolute atomic E-state index is 6.30. The van der Waals surface area contributed by atoms with Crippen LogP contribution in [-0.4, -0.2) is 37.0 Å². The number of ether oxygens (including phenoxy) is 4. The minimum absolute atomic E-state index is 0.0348. The first kappa shape index (κ1) is 12.9. The zero-order chi connectivity index (χ0) is 13.0. The lowest BCUT2D eigenvalue weighted by atomic mass is 9.83. The quantitative estimate of drug-likeness (QED) is 0.666. The van der Waals surface area contributed by atoms with Crippen molar-refractivity contribution in [2.24, 2.45) is 11.8 Å². The molecule has 4 heteroatoms. The maximum Gasteiger partial charge on any atom is 0.227 e. The minimum atomic E-state index is -0.713.